The number of methoxy groups -OCH3 is 1. The Morgan fingerprint density at radius 3 is 2.21 bits per heavy atom. The van der Waals surface area contributed by atoms with Crippen LogP contribution < -0.4 is 48.1 Å². The maximum atomic E-state index is 15.3. The smallest absolute Gasteiger partial charge is 0.248 e. The molecule has 514 valence electrons. The molecule has 35 heteroatoms. The summed E-state index contributed by atoms with van der Waals surface area (Å²) in [5.74, 6) is -9.56. The number of likely N-dealkylation sites (tertiary alicyclic amines) is 1. The zero-order chi connectivity index (χ0) is 67.4. The molecular formula is C57H90N14O19S2. The van der Waals surface area contributed by atoms with Crippen molar-refractivity contribution in [3.8, 4) is 5.75 Å². The van der Waals surface area contributed by atoms with Crippen LogP contribution in [0.2, 0.25) is 0 Å². The first-order valence-electron chi connectivity index (χ1n) is 30.5. The van der Waals surface area contributed by atoms with E-state index in [9.17, 15) is 63.6 Å². The van der Waals surface area contributed by atoms with Crippen molar-refractivity contribution in [1.82, 2.24) is 46.7 Å². The third-order valence-corrected chi connectivity index (χ3v) is 18.8. The zero-order valence-electron chi connectivity index (χ0n) is 52.3. The van der Waals surface area contributed by atoms with Gasteiger partial charge in [0, 0.05) is 88.5 Å². The van der Waals surface area contributed by atoms with Crippen LogP contribution in [-0.2, 0) is 85.4 Å². The van der Waals surface area contributed by atoms with Crippen molar-refractivity contribution < 1.29 is 91.8 Å². The van der Waals surface area contributed by atoms with Crippen LogP contribution in [0.3, 0.4) is 0 Å². The highest BCUT2D eigenvalue weighted by Crippen LogP contribution is 2.38. The van der Waals surface area contributed by atoms with Crippen LogP contribution in [0.5, 0.6) is 5.75 Å². The van der Waals surface area contributed by atoms with Crippen LogP contribution in [0.15, 0.2) is 22.3 Å². The number of H-pyrrole nitrogens is 1. The van der Waals surface area contributed by atoms with Gasteiger partial charge >= 0.3 is 0 Å². The Kier molecular flexibility index (Phi) is 32.4. The predicted molar refractivity (Wildman–Crippen MR) is 333 cm³/mol. The molecule has 2 aromatic rings. The van der Waals surface area contributed by atoms with E-state index in [1.165, 1.54) is 14.0 Å². The number of carbonyl (C=O) groups is 9. The Morgan fingerprint density at radius 2 is 1.60 bits per heavy atom. The van der Waals surface area contributed by atoms with Gasteiger partial charge in [-0.25, -0.2) is 0 Å². The molecule has 5 rings (SSSR count). The van der Waals surface area contributed by atoms with Crippen LogP contribution in [-0.4, -0.2) is 265 Å². The number of azide groups is 1. The third kappa shape index (κ3) is 22.9. The number of hydrogen-bond acceptors (Lipinski definition) is 22. The van der Waals surface area contributed by atoms with Crippen molar-refractivity contribution in [3.63, 3.8) is 0 Å². The van der Waals surface area contributed by atoms with Crippen LogP contribution in [0.1, 0.15) is 70.4 Å². The van der Waals surface area contributed by atoms with Gasteiger partial charge in [-0.1, -0.05) is 32.3 Å². The highest BCUT2D eigenvalue weighted by molar-refractivity contribution is 7.99. The van der Waals surface area contributed by atoms with Crippen molar-refractivity contribution in [2.45, 2.75) is 130 Å². The molecular weight excluding hydrogens is 1250 g/mol. The number of carbonyl (C=O) groups excluding carboxylic acids is 9. The second kappa shape index (κ2) is 39.2. The quantitative estimate of drug-likeness (QED) is 0.0107. The lowest BCUT2D eigenvalue weighted by molar-refractivity contribution is -0.144. The molecule has 15 N–H and O–H groups in total. The summed E-state index contributed by atoms with van der Waals surface area (Å²) < 4.78 is 43.1. The van der Waals surface area contributed by atoms with Crippen LogP contribution in [0, 0.1) is 11.8 Å². The maximum Gasteiger partial charge on any atom is 0.248 e. The molecule has 0 aliphatic carbocycles. The molecule has 4 heterocycles. The summed E-state index contributed by atoms with van der Waals surface area (Å²) in [6.07, 6.45) is -2.62. The standard InChI is InChI=1S/C57H90N14O19S2/c1-5-32(2)49(66-46(77)25-58)54(82)61-26-47(78)64-41-31-92(85)56-38(22-34(28-72)63-55(83)50(33(3)43(75)29-73)67-53(81)42-23-35(74)27-71(42)57(84)40(24-45(59)76)65-52(41)80)37-6-7-44(86-4)39(51(37)68-56)30-91-36-8-12-70(13-9-36)48(79)10-14-87-16-18-89-20-21-90-19-17-88-15-11-62-69-60/h6-7,32-36,40-43,49-50,68,72-75H,5,8-31,58H2,1-4H3,(H2,59,76)(H,61,82)(H,63,83)(H,64,78)(H,65,80)(H,66,77)(H,67,81)/t32-,33-,34-,35+,40?,41?,42-,43-,49-,50-,92?/m0/s1. The third-order valence-electron chi connectivity index (χ3n) is 16.0. The first-order valence-corrected chi connectivity index (χ1v) is 32.9. The predicted octanol–water partition coefficient (Wildman–Crippen LogP) is -3.81. The summed E-state index contributed by atoms with van der Waals surface area (Å²) in [5.41, 5.74) is 20.6. The lowest BCUT2D eigenvalue weighted by atomic mass is 9.94. The first kappa shape index (κ1) is 76.1. The number of piperidine rings is 1. The van der Waals surface area contributed by atoms with E-state index in [1.54, 1.807) is 42.6 Å². The summed E-state index contributed by atoms with van der Waals surface area (Å²) in [6.45, 7) is 5.24. The number of aromatic nitrogens is 1. The number of nitrogens with two attached hydrogens (primary N) is 2. The molecule has 0 bridgehead atoms. The zero-order valence-corrected chi connectivity index (χ0v) is 53.9. The van der Waals surface area contributed by atoms with Crippen molar-refractivity contribution in [1.29, 1.82) is 0 Å². The fraction of sp³-hybridized carbons (Fsp3) is 0.702. The first-order chi connectivity index (χ1) is 44.1. The monoisotopic (exact) mass is 1340 g/mol. The number of nitrogens with zero attached hydrogens (tertiary/aromatic N) is 5. The average Bonchev–Trinajstić information content (AvgIpc) is 1.62. The summed E-state index contributed by atoms with van der Waals surface area (Å²) in [7, 11) is 1.46. The summed E-state index contributed by atoms with van der Waals surface area (Å²) >= 11 is -0.809. The van der Waals surface area contributed by atoms with Gasteiger partial charge in [0.15, 0.2) is 6.04 Å². The molecule has 3 aliphatic heterocycles. The van der Waals surface area contributed by atoms with Gasteiger partial charge in [-0.15, -0.1) is 0 Å². The minimum Gasteiger partial charge on any atom is -0.610 e. The lowest BCUT2D eigenvalue weighted by Gasteiger charge is -2.32. The topological polar surface area (TPSA) is 499 Å². The fourth-order valence-electron chi connectivity index (χ4n) is 10.6. The van der Waals surface area contributed by atoms with Gasteiger partial charge in [0.25, 0.3) is 0 Å². The van der Waals surface area contributed by atoms with Crippen molar-refractivity contribution in [2.75, 3.05) is 118 Å². The highest BCUT2D eigenvalue weighted by atomic mass is 32.2. The Bertz CT molecular complexity index is 2850. The second-order valence-corrected chi connectivity index (χ2v) is 25.2. The molecule has 1 aromatic heterocycles. The number of fused-ring (bicyclic) bond motifs is 4. The normalized spacial score (nSPS) is 22.4. The maximum absolute atomic E-state index is 15.3. The van der Waals surface area contributed by atoms with E-state index in [2.05, 4.69) is 46.9 Å². The van der Waals surface area contributed by atoms with E-state index in [4.69, 9.17) is 40.7 Å². The summed E-state index contributed by atoms with van der Waals surface area (Å²) in [5, 5.41) is 61.6. The largest absolute Gasteiger partial charge is 0.610 e. The molecule has 9 amide bonds. The van der Waals surface area contributed by atoms with E-state index in [1.807, 2.05) is 0 Å². The van der Waals surface area contributed by atoms with Gasteiger partial charge in [0.05, 0.1) is 123 Å². The lowest BCUT2D eigenvalue weighted by Crippen LogP contribution is -2.61. The van der Waals surface area contributed by atoms with E-state index < -0.39 is 170 Å². The molecule has 33 nitrogen and oxygen atoms in total. The number of aromatic amines is 1. The van der Waals surface area contributed by atoms with Gasteiger partial charge < -0.3 is 107 Å². The average molecular weight is 1340 g/mol. The van der Waals surface area contributed by atoms with Gasteiger partial charge in [-0.3, -0.25) is 43.2 Å². The number of aliphatic hydroxyl groups is 4. The minimum absolute atomic E-state index is 0.0545. The molecule has 3 unspecified atom stereocenters. The molecule has 3 aliphatic rings. The number of ether oxygens (including phenoxy) is 5. The van der Waals surface area contributed by atoms with E-state index in [0.717, 1.165) is 4.90 Å². The number of thioether (sulfide) groups is 1. The molecule has 0 spiro atoms. The molecule has 92 heavy (non-hydrogen) atoms. The Labute approximate surface area is 539 Å². The summed E-state index contributed by atoms with van der Waals surface area (Å²) in [4.78, 5) is 132. The Balaban J connectivity index is 1.43. The second-order valence-electron chi connectivity index (χ2n) is 22.4. The van der Waals surface area contributed by atoms with Gasteiger partial charge in [-0.2, -0.15) is 11.8 Å². The molecule has 0 radical (unpaired) electrons. The molecule has 2 saturated heterocycles. The number of benzene rings is 1. The number of aliphatic hydroxyl groups excluding tert-OH is 4. The Hall–Kier alpha value is -6.60. The molecule has 11 atom stereocenters. The molecule has 2 fully saturated rings. The van der Waals surface area contributed by atoms with E-state index in [0.29, 0.717) is 100.0 Å². The van der Waals surface area contributed by atoms with E-state index in [-0.39, 0.29) is 54.3 Å². The number of hydrogen-bond donors (Lipinski definition) is 13. The minimum atomic E-state index is -2.40. The van der Waals surface area contributed by atoms with E-state index >= 15 is 4.55 Å². The van der Waals surface area contributed by atoms with Crippen molar-refractivity contribution in [3.05, 3.63) is 33.7 Å². The number of primary amides is 1. The Morgan fingerprint density at radius 1 is 0.935 bits per heavy atom. The van der Waals surface area contributed by atoms with Gasteiger partial charge in [0.2, 0.25) is 58.2 Å². The van der Waals surface area contributed by atoms with Crippen molar-refractivity contribution in [2.24, 2.45) is 28.4 Å². The number of rotatable bonds is 33. The number of nitrogens with one attached hydrogen (secondary N) is 7. The van der Waals surface area contributed by atoms with Crippen LogP contribution in [0.4, 0.5) is 0 Å². The summed E-state index contributed by atoms with van der Waals surface area (Å²) in [6, 6.07) is -5.98. The van der Waals surface area contributed by atoms with Crippen LogP contribution >= 0.6 is 11.8 Å². The van der Waals surface area contributed by atoms with Crippen molar-refractivity contribution >= 4 is 87.0 Å². The SMILES string of the molecule is CC[C@H](C)[C@H](NC(=O)CN)C(=O)NCC(=O)NC1C[S+]([O-])c2[nH]c3c(CSC4CCN(C(=O)CCOCCOCCOCCOCCN=[N+]=[N-])CC4)c(OC)ccc3c2C[C@@H](CO)NC(=O)[C@H]([C@@H](C)[C@@H](O)CO)NC(=O)[C@@H]2C[C@@H](O)CN2C(=O)C(CC(N)=O)NC1=O. The highest BCUT2D eigenvalue weighted by Gasteiger charge is 2.45. The van der Waals surface area contributed by atoms with Gasteiger partial charge in [-0.05, 0) is 36.4 Å². The fourth-order valence-corrected chi connectivity index (χ4v) is 13.2. The molecule has 1 aromatic carbocycles. The van der Waals surface area contributed by atoms with Gasteiger partial charge in [0.1, 0.15) is 35.7 Å². The molecule has 0 saturated carbocycles. The van der Waals surface area contributed by atoms with Crippen LogP contribution in [0.25, 0.3) is 21.3 Å². The number of amides is 9.